The van der Waals surface area contributed by atoms with Crippen molar-refractivity contribution in [1.82, 2.24) is 20.1 Å². The molecule has 0 spiro atoms. The third-order valence-electron chi connectivity index (χ3n) is 5.24. The molecule has 3 heterocycles. The molecule has 0 aromatic carbocycles. The number of thioether (sulfide) groups is 1. The van der Waals surface area contributed by atoms with Crippen LogP contribution in [0.25, 0.3) is 11.5 Å². The Morgan fingerprint density at radius 1 is 1.21 bits per heavy atom. The van der Waals surface area contributed by atoms with Gasteiger partial charge in [0, 0.05) is 24.5 Å². The molecule has 1 amide bonds. The van der Waals surface area contributed by atoms with Crippen LogP contribution in [-0.4, -0.2) is 63.7 Å². The third kappa shape index (κ3) is 4.38. The van der Waals surface area contributed by atoms with Crippen LogP contribution >= 0.6 is 11.8 Å². The zero-order valence-corrected chi connectivity index (χ0v) is 17.0. The highest BCUT2D eigenvalue weighted by molar-refractivity contribution is 7.99. The maximum atomic E-state index is 13.0. The van der Waals surface area contributed by atoms with Crippen LogP contribution in [-0.2, 0) is 14.6 Å². The first-order chi connectivity index (χ1) is 13.5. The molecule has 2 aromatic rings. The van der Waals surface area contributed by atoms with Crippen molar-refractivity contribution in [3.05, 3.63) is 24.5 Å². The van der Waals surface area contributed by atoms with Crippen molar-refractivity contribution in [1.29, 1.82) is 0 Å². The van der Waals surface area contributed by atoms with Crippen LogP contribution < -0.4 is 0 Å². The number of nitrogens with zero attached hydrogens (tertiary/aromatic N) is 4. The van der Waals surface area contributed by atoms with Gasteiger partial charge in [-0.25, -0.2) is 8.42 Å². The number of amides is 1. The van der Waals surface area contributed by atoms with Gasteiger partial charge in [0.05, 0.1) is 22.8 Å². The van der Waals surface area contributed by atoms with Crippen LogP contribution in [0.2, 0.25) is 0 Å². The van der Waals surface area contributed by atoms with Gasteiger partial charge in [-0.3, -0.25) is 9.78 Å². The van der Waals surface area contributed by atoms with E-state index >= 15 is 0 Å². The van der Waals surface area contributed by atoms with Crippen molar-refractivity contribution in [2.24, 2.45) is 0 Å². The van der Waals surface area contributed by atoms with Crippen molar-refractivity contribution >= 4 is 27.5 Å². The summed E-state index contributed by atoms with van der Waals surface area (Å²) in [4.78, 5) is 18.8. The number of carbonyl (C=O) groups excluding carboxylic acids is 1. The van der Waals surface area contributed by atoms with E-state index in [9.17, 15) is 13.2 Å². The van der Waals surface area contributed by atoms with Crippen LogP contribution in [0.1, 0.15) is 32.1 Å². The lowest BCUT2D eigenvalue weighted by Gasteiger charge is -2.34. The van der Waals surface area contributed by atoms with Gasteiger partial charge in [0.15, 0.2) is 9.84 Å². The van der Waals surface area contributed by atoms with Gasteiger partial charge in [-0.1, -0.05) is 24.6 Å². The second-order valence-electron chi connectivity index (χ2n) is 7.20. The van der Waals surface area contributed by atoms with E-state index in [0.717, 1.165) is 31.2 Å². The smallest absolute Gasteiger partial charge is 0.277 e. The van der Waals surface area contributed by atoms with Gasteiger partial charge in [-0.2, -0.15) is 0 Å². The molecule has 1 atom stereocenters. The number of carbonyl (C=O) groups is 1. The van der Waals surface area contributed by atoms with Crippen molar-refractivity contribution in [3.63, 3.8) is 0 Å². The Morgan fingerprint density at radius 3 is 2.71 bits per heavy atom. The molecule has 0 radical (unpaired) electrons. The minimum Gasteiger partial charge on any atom is -0.411 e. The average Bonchev–Trinajstić information content (AvgIpc) is 3.43. The third-order valence-corrected chi connectivity index (χ3v) is 7.80. The lowest BCUT2D eigenvalue weighted by atomic mass is 10.1. The molecule has 1 saturated carbocycles. The first-order valence-corrected chi connectivity index (χ1v) is 12.2. The van der Waals surface area contributed by atoms with E-state index in [-0.39, 0.29) is 35.2 Å². The first kappa shape index (κ1) is 19.4. The number of aromatic nitrogens is 3. The van der Waals surface area contributed by atoms with Crippen molar-refractivity contribution in [2.75, 3.05) is 17.3 Å². The molecule has 2 aliphatic rings. The predicted octanol–water partition coefficient (Wildman–Crippen LogP) is 2.18. The Bertz CT molecular complexity index is 926. The van der Waals surface area contributed by atoms with Gasteiger partial charge in [0.25, 0.3) is 5.22 Å². The van der Waals surface area contributed by atoms with E-state index in [1.54, 1.807) is 18.5 Å². The summed E-state index contributed by atoms with van der Waals surface area (Å²) in [5, 5.41) is 8.31. The molecule has 2 aromatic heterocycles. The van der Waals surface area contributed by atoms with Crippen LogP contribution in [0.5, 0.6) is 0 Å². The summed E-state index contributed by atoms with van der Waals surface area (Å²) in [5.74, 6) is 0.699. The van der Waals surface area contributed by atoms with Crippen LogP contribution in [0.15, 0.2) is 34.2 Å². The summed E-state index contributed by atoms with van der Waals surface area (Å²) in [6.45, 7) is 0. The van der Waals surface area contributed by atoms with E-state index in [2.05, 4.69) is 15.2 Å². The van der Waals surface area contributed by atoms with Crippen LogP contribution in [0.3, 0.4) is 0 Å². The highest BCUT2D eigenvalue weighted by Gasteiger charge is 2.38. The van der Waals surface area contributed by atoms with Crippen molar-refractivity contribution in [3.8, 4) is 11.5 Å². The second-order valence-corrected chi connectivity index (χ2v) is 10.4. The summed E-state index contributed by atoms with van der Waals surface area (Å²) in [6.07, 6.45) is 7.88. The Kier molecular flexibility index (Phi) is 5.68. The monoisotopic (exact) mass is 422 g/mol. The highest BCUT2D eigenvalue weighted by atomic mass is 32.2. The maximum Gasteiger partial charge on any atom is 0.277 e. The normalized spacial score (nSPS) is 21.8. The minimum absolute atomic E-state index is 0.0554. The Labute approximate surface area is 168 Å². The Balaban J connectivity index is 1.42. The summed E-state index contributed by atoms with van der Waals surface area (Å²) >= 11 is 1.19. The van der Waals surface area contributed by atoms with E-state index in [0.29, 0.717) is 17.5 Å². The summed E-state index contributed by atoms with van der Waals surface area (Å²) < 4.78 is 29.5. The zero-order chi connectivity index (χ0) is 19.6. The van der Waals surface area contributed by atoms with E-state index in [4.69, 9.17) is 4.42 Å². The summed E-state index contributed by atoms with van der Waals surface area (Å²) in [5.41, 5.74) is 0.719. The molecule has 1 aliphatic heterocycles. The zero-order valence-electron chi connectivity index (χ0n) is 15.4. The van der Waals surface area contributed by atoms with E-state index in [1.807, 2.05) is 11.0 Å². The van der Waals surface area contributed by atoms with Gasteiger partial charge in [0.2, 0.25) is 11.8 Å². The fourth-order valence-electron chi connectivity index (χ4n) is 3.95. The molecule has 0 unspecified atom stereocenters. The standard InChI is InChI=1S/C18H22N4O4S2/c23-16(11-27-18-21-20-17(26-18)13-4-3-8-19-10-13)22(14-5-1-2-6-14)15-7-9-28(24,25)12-15/h3-4,8,10,14-15H,1-2,5-7,9,11-12H2/t15-/m0/s1. The minimum atomic E-state index is -3.05. The molecule has 1 aliphatic carbocycles. The molecule has 4 rings (SSSR count). The molecule has 2 fully saturated rings. The van der Waals surface area contributed by atoms with Gasteiger partial charge >= 0.3 is 0 Å². The van der Waals surface area contributed by atoms with Crippen LogP contribution in [0.4, 0.5) is 0 Å². The summed E-state index contributed by atoms with van der Waals surface area (Å²) in [7, 11) is -3.05. The van der Waals surface area contributed by atoms with Crippen LogP contribution in [0, 0.1) is 0 Å². The predicted molar refractivity (Wildman–Crippen MR) is 104 cm³/mol. The summed E-state index contributed by atoms with van der Waals surface area (Å²) in [6, 6.07) is 3.53. The first-order valence-electron chi connectivity index (χ1n) is 9.40. The lowest BCUT2D eigenvalue weighted by molar-refractivity contribution is -0.132. The molecule has 150 valence electrons. The maximum absolute atomic E-state index is 13.0. The second kappa shape index (κ2) is 8.20. The highest BCUT2D eigenvalue weighted by Crippen LogP contribution is 2.30. The van der Waals surface area contributed by atoms with Crippen molar-refractivity contribution < 1.29 is 17.6 Å². The lowest BCUT2D eigenvalue weighted by Crippen LogP contribution is -2.47. The van der Waals surface area contributed by atoms with Crippen molar-refractivity contribution in [2.45, 2.75) is 49.4 Å². The number of hydrogen-bond acceptors (Lipinski definition) is 8. The fourth-order valence-corrected chi connectivity index (χ4v) is 6.30. The van der Waals surface area contributed by atoms with Gasteiger partial charge < -0.3 is 9.32 Å². The number of pyridine rings is 1. The number of rotatable bonds is 6. The molecule has 28 heavy (non-hydrogen) atoms. The Morgan fingerprint density at radius 2 is 2.04 bits per heavy atom. The molecule has 10 heteroatoms. The molecule has 8 nitrogen and oxygen atoms in total. The fraction of sp³-hybridized carbons (Fsp3) is 0.556. The average molecular weight is 423 g/mol. The topological polar surface area (TPSA) is 106 Å². The quantitative estimate of drug-likeness (QED) is 0.652. The SMILES string of the molecule is O=C(CSc1nnc(-c2cccnc2)o1)N(C1CCCC1)[C@H]1CCS(=O)(=O)C1. The van der Waals surface area contributed by atoms with Gasteiger partial charge in [0.1, 0.15) is 0 Å². The van der Waals surface area contributed by atoms with Gasteiger partial charge in [-0.05, 0) is 31.4 Å². The van der Waals surface area contributed by atoms with E-state index in [1.165, 1.54) is 11.8 Å². The molecular weight excluding hydrogens is 400 g/mol. The largest absolute Gasteiger partial charge is 0.411 e. The molecule has 1 saturated heterocycles. The molecular formula is C18H22N4O4S2. The molecule has 0 N–H and O–H groups in total. The number of sulfone groups is 1. The Hall–Kier alpha value is -1.94. The molecule has 0 bridgehead atoms. The number of hydrogen-bond donors (Lipinski definition) is 0. The van der Waals surface area contributed by atoms with Gasteiger partial charge in [-0.15, -0.1) is 10.2 Å². The van der Waals surface area contributed by atoms with E-state index < -0.39 is 9.84 Å².